The number of nitrogen functional groups attached to an aromatic ring is 1. The molecule has 0 spiro atoms. The van der Waals surface area contributed by atoms with E-state index in [0.717, 1.165) is 37.7 Å². The van der Waals surface area contributed by atoms with Crippen molar-refractivity contribution in [1.29, 1.82) is 0 Å². The van der Waals surface area contributed by atoms with E-state index < -0.39 is 0 Å². The Labute approximate surface area is 127 Å². The highest BCUT2D eigenvalue weighted by molar-refractivity contribution is 7.15. The number of aromatic nitrogens is 1. The quantitative estimate of drug-likeness (QED) is 0.947. The summed E-state index contributed by atoms with van der Waals surface area (Å²) >= 11 is 7.62. The molecule has 2 N–H and O–H groups in total. The highest BCUT2D eigenvalue weighted by Crippen LogP contribution is 2.22. The molecule has 0 unspecified atom stereocenters. The monoisotopic (exact) mass is 308 g/mol. The normalized spacial score (nSPS) is 16.6. The molecule has 106 valence electrons. The molecule has 0 amide bonds. The zero-order valence-electron chi connectivity index (χ0n) is 11.1. The van der Waals surface area contributed by atoms with Crippen molar-refractivity contribution in [2.45, 2.75) is 6.54 Å². The number of halogens is 1. The Bertz CT molecular complexity index is 578. The first kappa shape index (κ1) is 13.7. The van der Waals surface area contributed by atoms with Crippen molar-refractivity contribution >= 4 is 33.8 Å². The second-order valence-electron chi connectivity index (χ2n) is 4.91. The standard InChI is InChI=1S/C14H17ClN4S/c15-11-2-1-3-12(8-11)19-6-4-18(5-7-19)10-13-9-17-14(16)20-13/h1-3,8-9H,4-7,10H2,(H2,16,17). The minimum Gasteiger partial charge on any atom is -0.375 e. The summed E-state index contributed by atoms with van der Waals surface area (Å²) in [5.41, 5.74) is 6.87. The van der Waals surface area contributed by atoms with Crippen LogP contribution < -0.4 is 10.6 Å². The number of rotatable bonds is 3. The molecule has 3 rings (SSSR count). The van der Waals surface area contributed by atoms with Crippen LogP contribution in [0.3, 0.4) is 0 Å². The molecule has 20 heavy (non-hydrogen) atoms. The maximum absolute atomic E-state index is 6.05. The van der Waals surface area contributed by atoms with Crippen LogP contribution in [0.2, 0.25) is 5.02 Å². The van der Waals surface area contributed by atoms with Crippen LogP contribution in [0.5, 0.6) is 0 Å². The summed E-state index contributed by atoms with van der Waals surface area (Å²) in [6.07, 6.45) is 1.88. The first-order valence-corrected chi connectivity index (χ1v) is 7.83. The number of piperazine rings is 1. The van der Waals surface area contributed by atoms with Crippen LogP contribution in [0.4, 0.5) is 10.8 Å². The largest absolute Gasteiger partial charge is 0.375 e. The predicted octanol–water partition coefficient (Wildman–Crippen LogP) is 2.70. The van der Waals surface area contributed by atoms with Gasteiger partial charge in [0, 0.05) is 54.5 Å². The van der Waals surface area contributed by atoms with Crippen LogP contribution in [-0.4, -0.2) is 36.1 Å². The average molecular weight is 309 g/mol. The Hall–Kier alpha value is -1.30. The molecule has 1 saturated heterocycles. The molecule has 0 saturated carbocycles. The molecule has 0 atom stereocenters. The Kier molecular flexibility index (Phi) is 4.10. The molecular weight excluding hydrogens is 292 g/mol. The molecule has 1 aliphatic rings. The van der Waals surface area contributed by atoms with Crippen molar-refractivity contribution in [3.05, 3.63) is 40.4 Å². The third kappa shape index (κ3) is 3.23. The second kappa shape index (κ2) is 5.99. The van der Waals surface area contributed by atoms with Gasteiger partial charge in [0.15, 0.2) is 5.13 Å². The van der Waals surface area contributed by atoms with Gasteiger partial charge in [-0.05, 0) is 18.2 Å². The fourth-order valence-electron chi connectivity index (χ4n) is 2.45. The maximum Gasteiger partial charge on any atom is 0.180 e. The number of nitrogens with zero attached hydrogens (tertiary/aromatic N) is 3. The summed E-state index contributed by atoms with van der Waals surface area (Å²) in [6.45, 7) is 5.08. The predicted molar refractivity (Wildman–Crippen MR) is 85.5 cm³/mol. The molecule has 1 aromatic heterocycles. The van der Waals surface area contributed by atoms with Crippen LogP contribution in [0, 0.1) is 0 Å². The summed E-state index contributed by atoms with van der Waals surface area (Å²) in [7, 11) is 0. The van der Waals surface area contributed by atoms with Crippen molar-refractivity contribution in [1.82, 2.24) is 9.88 Å². The molecule has 2 aromatic rings. The lowest BCUT2D eigenvalue weighted by Gasteiger charge is -2.35. The number of hydrogen-bond donors (Lipinski definition) is 1. The highest BCUT2D eigenvalue weighted by atomic mass is 35.5. The van der Waals surface area contributed by atoms with Crippen molar-refractivity contribution < 1.29 is 0 Å². The lowest BCUT2D eigenvalue weighted by atomic mass is 10.2. The number of hydrogen-bond acceptors (Lipinski definition) is 5. The van der Waals surface area contributed by atoms with Gasteiger partial charge in [-0.15, -0.1) is 11.3 Å². The molecule has 0 aliphatic carbocycles. The topological polar surface area (TPSA) is 45.4 Å². The first-order valence-electron chi connectivity index (χ1n) is 6.64. The van der Waals surface area contributed by atoms with E-state index in [9.17, 15) is 0 Å². The van der Waals surface area contributed by atoms with Gasteiger partial charge in [-0.25, -0.2) is 4.98 Å². The first-order chi connectivity index (χ1) is 9.70. The minimum atomic E-state index is 0.651. The van der Waals surface area contributed by atoms with Crippen molar-refractivity contribution in [3.8, 4) is 0 Å². The number of anilines is 2. The van der Waals surface area contributed by atoms with E-state index in [1.807, 2.05) is 24.4 Å². The summed E-state index contributed by atoms with van der Waals surface area (Å²) in [5.74, 6) is 0. The van der Waals surface area contributed by atoms with E-state index >= 15 is 0 Å². The third-order valence-corrected chi connectivity index (χ3v) is 4.54. The van der Waals surface area contributed by atoms with Gasteiger partial charge in [-0.3, -0.25) is 4.90 Å². The molecule has 2 heterocycles. The molecule has 1 fully saturated rings. The zero-order valence-corrected chi connectivity index (χ0v) is 12.7. The summed E-state index contributed by atoms with van der Waals surface area (Å²) in [4.78, 5) is 10.2. The van der Waals surface area contributed by atoms with Crippen molar-refractivity contribution in [2.75, 3.05) is 36.8 Å². The van der Waals surface area contributed by atoms with Crippen LogP contribution in [-0.2, 0) is 6.54 Å². The van der Waals surface area contributed by atoms with Crippen LogP contribution in [0.25, 0.3) is 0 Å². The fraction of sp³-hybridized carbons (Fsp3) is 0.357. The average Bonchev–Trinajstić information content (AvgIpc) is 2.85. The SMILES string of the molecule is Nc1ncc(CN2CCN(c3cccc(Cl)c3)CC2)s1. The summed E-state index contributed by atoms with van der Waals surface area (Å²) < 4.78 is 0. The number of benzene rings is 1. The molecule has 1 aliphatic heterocycles. The van der Waals surface area contributed by atoms with Crippen molar-refractivity contribution in [2.24, 2.45) is 0 Å². The van der Waals surface area contributed by atoms with Gasteiger partial charge in [-0.2, -0.15) is 0 Å². The highest BCUT2D eigenvalue weighted by Gasteiger charge is 2.18. The van der Waals surface area contributed by atoms with Crippen LogP contribution in [0.15, 0.2) is 30.5 Å². The minimum absolute atomic E-state index is 0.651. The van der Waals surface area contributed by atoms with E-state index in [0.29, 0.717) is 5.13 Å². The van der Waals surface area contributed by atoms with Gasteiger partial charge in [0.1, 0.15) is 0 Å². The van der Waals surface area contributed by atoms with Crippen molar-refractivity contribution in [3.63, 3.8) is 0 Å². The van der Waals surface area contributed by atoms with Gasteiger partial charge in [0.2, 0.25) is 0 Å². The third-order valence-electron chi connectivity index (χ3n) is 3.50. The van der Waals surface area contributed by atoms with Gasteiger partial charge in [-0.1, -0.05) is 17.7 Å². The van der Waals surface area contributed by atoms with Gasteiger partial charge < -0.3 is 10.6 Å². The Balaban J connectivity index is 1.57. The van der Waals surface area contributed by atoms with Gasteiger partial charge in [0.05, 0.1) is 0 Å². The molecule has 6 heteroatoms. The molecule has 0 bridgehead atoms. The molecule has 0 radical (unpaired) electrons. The van der Waals surface area contributed by atoms with E-state index in [4.69, 9.17) is 17.3 Å². The van der Waals surface area contributed by atoms with Crippen LogP contribution in [0.1, 0.15) is 4.88 Å². The van der Waals surface area contributed by atoms with Crippen LogP contribution >= 0.6 is 22.9 Å². The number of thiazole rings is 1. The maximum atomic E-state index is 6.05. The summed E-state index contributed by atoms with van der Waals surface area (Å²) in [5, 5.41) is 1.45. The van der Waals surface area contributed by atoms with E-state index in [1.54, 1.807) is 11.3 Å². The lowest BCUT2D eigenvalue weighted by molar-refractivity contribution is 0.252. The molecule has 4 nitrogen and oxygen atoms in total. The lowest BCUT2D eigenvalue weighted by Crippen LogP contribution is -2.45. The molecular formula is C14H17ClN4S. The Morgan fingerprint density at radius 2 is 2.05 bits per heavy atom. The van der Waals surface area contributed by atoms with Gasteiger partial charge >= 0.3 is 0 Å². The van der Waals surface area contributed by atoms with E-state index in [2.05, 4.69) is 20.9 Å². The molecule has 1 aromatic carbocycles. The number of nitrogens with two attached hydrogens (primary N) is 1. The van der Waals surface area contributed by atoms with E-state index in [1.165, 1.54) is 10.6 Å². The van der Waals surface area contributed by atoms with Gasteiger partial charge in [0.25, 0.3) is 0 Å². The van der Waals surface area contributed by atoms with E-state index in [-0.39, 0.29) is 0 Å². The Morgan fingerprint density at radius 3 is 2.70 bits per heavy atom. The Morgan fingerprint density at radius 1 is 1.25 bits per heavy atom. The second-order valence-corrected chi connectivity index (χ2v) is 6.49. The summed E-state index contributed by atoms with van der Waals surface area (Å²) in [6, 6.07) is 8.06. The zero-order chi connectivity index (χ0) is 13.9. The fourth-order valence-corrected chi connectivity index (χ4v) is 3.36. The smallest absolute Gasteiger partial charge is 0.180 e.